The fourth-order valence-corrected chi connectivity index (χ4v) is 3.50. The monoisotopic (exact) mass is 433 g/mol. The van der Waals surface area contributed by atoms with E-state index in [4.69, 9.17) is 4.42 Å². The molecule has 0 amide bonds. The number of aryl methyl sites for hydroxylation is 1. The fraction of sp³-hybridized carbons (Fsp3) is 0.222. The number of thioether (sulfide) groups is 1. The molecule has 0 aliphatic heterocycles. The number of hydrogen-bond acceptors (Lipinski definition) is 6. The maximum Gasteiger partial charge on any atom is 0.264 e. The highest BCUT2D eigenvalue weighted by molar-refractivity contribution is 9.10. The smallest absolute Gasteiger partial charge is 0.264 e. The van der Waals surface area contributed by atoms with Crippen molar-refractivity contribution in [1.29, 1.82) is 0 Å². The minimum absolute atomic E-state index is 0.0152. The van der Waals surface area contributed by atoms with E-state index in [1.165, 1.54) is 6.92 Å². The van der Waals surface area contributed by atoms with Gasteiger partial charge in [0.15, 0.2) is 10.9 Å². The van der Waals surface area contributed by atoms with Gasteiger partial charge in [-0.15, -0.1) is 10.2 Å². The number of carbonyl (C=O) groups is 2. The predicted molar refractivity (Wildman–Crippen MR) is 103 cm³/mol. The Morgan fingerprint density at radius 3 is 2.73 bits per heavy atom. The van der Waals surface area contributed by atoms with Crippen LogP contribution in [0.25, 0.3) is 11.6 Å². The molecular formula is C18H16BrN3O3S. The summed E-state index contributed by atoms with van der Waals surface area (Å²) < 4.78 is 6.47. The van der Waals surface area contributed by atoms with Crippen molar-refractivity contribution in [3.63, 3.8) is 0 Å². The van der Waals surface area contributed by atoms with Crippen LogP contribution in [-0.4, -0.2) is 26.1 Å². The third-order valence-corrected chi connectivity index (χ3v) is 5.12. The molecule has 1 aromatic carbocycles. The number of benzene rings is 1. The highest BCUT2D eigenvalue weighted by Gasteiger charge is 2.23. The first-order chi connectivity index (χ1) is 12.4. The average Bonchev–Trinajstić information content (AvgIpc) is 3.17. The quantitative estimate of drug-likeness (QED) is 0.597. The van der Waals surface area contributed by atoms with E-state index in [1.54, 1.807) is 12.1 Å². The van der Waals surface area contributed by atoms with Gasteiger partial charge >= 0.3 is 0 Å². The molecule has 3 aromatic rings. The van der Waals surface area contributed by atoms with Crippen LogP contribution in [0.2, 0.25) is 0 Å². The number of carbonyl (C=O) groups excluding carboxylic acids is 2. The van der Waals surface area contributed by atoms with E-state index < -0.39 is 0 Å². The number of nitrogens with one attached hydrogen (secondary N) is 1. The van der Waals surface area contributed by atoms with Crippen LogP contribution in [0.4, 0.5) is 0 Å². The van der Waals surface area contributed by atoms with Gasteiger partial charge in [-0.25, -0.2) is 0 Å². The molecule has 0 unspecified atom stereocenters. The first kappa shape index (κ1) is 18.6. The number of nitrogens with zero attached hydrogens (tertiary/aromatic N) is 2. The third kappa shape index (κ3) is 3.81. The van der Waals surface area contributed by atoms with Gasteiger partial charge in [-0.1, -0.05) is 39.8 Å². The molecule has 0 bridgehead atoms. The maximum atomic E-state index is 12.9. The van der Waals surface area contributed by atoms with E-state index in [0.717, 1.165) is 27.5 Å². The van der Waals surface area contributed by atoms with Gasteiger partial charge in [-0.05, 0) is 31.5 Å². The molecule has 2 aromatic heterocycles. The highest BCUT2D eigenvalue weighted by atomic mass is 79.9. The summed E-state index contributed by atoms with van der Waals surface area (Å²) in [5, 5.41) is 7.98. The van der Waals surface area contributed by atoms with Crippen molar-refractivity contribution in [1.82, 2.24) is 15.2 Å². The summed E-state index contributed by atoms with van der Waals surface area (Å²) in [6.07, 6.45) is 0. The number of ketones is 1. The minimum Gasteiger partial charge on any atom is -0.418 e. The Hall–Kier alpha value is -2.19. The van der Waals surface area contributed by atoms with Crippen LogP contribution in [0.15, 0.2) is 33.2 Å². The molecular weight excluding hydrogens is 418 g/mol. The Morgan fingerprint density at radius 1 is 1.27 bits per heavy atom. The molecule has 6 nitrogen and oxygen atoms in total. The first-order valence-electron chi connectivity index (χ1n) is 7.82. The Labute approximate surface area is 162 Å². The summed E-state index contributed by atoms with van der Waals surface area (Å²) in [5.41, 5.74) is 3.30. The van der Waals surface area contributed by atoms with E-state index in [0.29, 0.717) is 34.4 Å². The Kier molecular flexibility index (Phi) is 5.43. The summed E-state index contributed by atoms with van der Waals surface area (Å²) in [4.78, 5) is 27.1. The molecule has 0 aliphatic rings. The number of halogens is 1. The first-order valence-corrected chi connectivity index (χ1v) is 9.60. The molecule has 0 radical (unpaired) electrons. The number of aromatic nitrogens is 3. The Bertz CT molecular complexity index is 993. The SMILES string of the molecule is CC(=O)SCc1nnc(-c2[nH]c(C)c(C(=O)c3cccc(Br)c3)c2C)o1. The van der Waals surface area contributed by atoms with Crippen LogP contribution in [-0.2, 0) is 10.5 Å². The lowest BCUT2D eigenvalue weighted by atomic mass is 10.00. The summed E-state index contributed by atoms with van der Waals surface area (Å²) >= 11 is 4.50. The second-order valence-electron chi connectivity index (χ2n) is 5.75. The zero-order valence-corrected chi connectivity index (χ0v) is 16.8. The van der Waals surface area contributed by atoms with Crippen molar-refractivity contribution in [2.24, 2.45) is 0 Å². The standard InChI is InChI=1S/C18H16BrN3O3S/c1-9-15(17(24)12-5-4-6-13(19)7-12)10(2)20-16(9)18-22-21-14(25-18)8-26-11(3)23/h4-7,20H,8H2,1-3H3. The lowest BCUT2D eigenvalue weighted by molar-refractivity contribution is -0.109. The molecule has 2 heterocycles. The summed E-state index contributed by atoms with van der Waals surface area (Å²) in [6, 6.07) is 7.27. The minimum atomic E-state index is -0.0734. The molecule has 0 aliphatic carbocycles. The summed E-state index contributed by atoms with van der Waals surface area (Å²) in [5.74, 6) is 0.922. The number of H-pyrrole nitrogens is 1. The van der Waals surface area contributed by atoms with E-state index in [-0.39, 0.29) is 10.9 Å². The van der Waals surface area contributed by atoms with Gasteiger partial charge in [0.25, 0.3) is 5.89 Å². The van der Waals surface area contributed by atoms with Crippen molar-refractivity contribution >= 4 is 38.6 Å². The Morgan fingerprint density at radius 2 is 2.04 bits per heavy atom. The lowest BCUT2D eigenvalue weighted by Crippen LogP contribution is -2.03. The Balaban J connectivity index is 1.93. The molecule has 0 fully saturated rings. The van der Waals surface area contributed by atoms with Crippen LogP contribution in [0.3, 0.4) is 0 Å². The van der Waals surface area contributed by atoms with Gasteiger partial charge < -0.3 is 9.40 Å². The molecule has 0 atom stereocenters. The molecule has 8 heteroatoms. The van der Waals surface area contributed by atoms with E-state index in [1.807, 2.05) is 26.0 Å². The van der Waals surface area contributed by atoms with Gasteiger partial charge in [-0.2, -0.15) is 0 Å². The number of hydrogen-bond donors (Lipinski definition) is 1. The van der Waals surface area contributed by atoms with Gasteiger partial charge in [0, 0.05) is 28.2 Å². The topological polar surface area (TPSA) is 88.9 Å². The lowest BCUT2D eigenvalue weighted by Gasteiger charge is -2.03. The zero-order valence-electron chi connectivity index (χ0n) is 14.4. The average molecular weight is 434 g/mol. The molecule has 0 spiro atoms. The van der Waals surface area contributed by atoms with Gasteiger partial charge in [-0.3, -0.25) is 9.59 Å². The molecule has 134 valence electrons. The highest BCUT2D eigenvalue weighted by Crippen LogP contribution is 2.29. The molecule has 0 saturated carbocycles. The third-order valence-electron chi connectivity index (χ3n) is 3.83. The summed E-state index contributed by atoms with van der Waals surface area (Å²) in [6.45, 7) is 5.17. The molecule has 0 saturated heterocycles. The van der Waals surface area contributed by atoms with E-state index in [9.17, 15) is 9.59 Å². The fourth-order valence-electron chi connectivity index (χ4n) is 2.65. The second-order valence-corrected chi connectivity index (χ2v) is 7.81. The van der Waals surface area contributed by atoms with Crippen LogP contribution in [0.1, 0.15) is 40.0 Å². The zero-order chi connectivity index (χ0) is 18.8. The number of aromatic amines is 1. The number of rotatable bonds is 5. The van der Waals surface area contributed by atoms with E-state index in [2.05, 4.69) is 31.1 Å². The van der Waals surface area contributed by atoms with Crippen LogP contribution in [0.5, 0.6) is 0 Å². The largest absolute Gasteiger partial charge is 0.418 e. The van der Waals surface area contributed by atoms with Crippen molar-refractivity contribution in [3.8, 4) is 11.6 Å². The van der Waals surface area contributed by atoms with Gasteiger partial charge in [0.05, 0.1) is 5.75 Å². The predicted octanol–water partition coefficient (Wildman–Crippen LogP) is 4.45. The van der Waals surface area contributed by atoms with Crippen molar-refractivity contribution < 1.29 is 14.0 Å². The van der Waals surface area contributed by atoms with E-state index >= 15 is 0 Å². The van der Waals surface area contributed by atoms with Crippen LogP contribution in [0, 0.1) is 13.8 Å². The summed E-state index contributed by atoms with van der Waals surface area (Å²) in [7, 11) is 0. The van der Waals surface area contributed by atoms with Crippen molar-refractivity contribution in [2.45, 2.75) is 26.5 Å². The van der Waals surface area contributed by atoms with Crippen molar-refractivity contribution in [2.75, 3.05) is 0 Å². The van der Waals surface area contributed by atoms with Crippen molar-refractivity contribution in [3.05, 3.63) is 57.0 Å². The molecule has 3 rings (SSSR count). The normalized spacial score (nSPS) is 10.9. The molecule has 1 N–H and O–H groups in total. The second kappa shape index (κ2) is 7.59. The maximum absolute atomic E-state index is 12.9. The van der Waals surface area contributed by atoms with Gasteiger partial charge in [0.2, 0.25) is 5.89 Å². The molecule has 26 heavy (non-hydrogen) atoms. The van der Waals surface area contributed by atoms with Crippen LogP contribution >= 0.6 is 27.7 Å². The van der Waals surface area contributed by atoms with Crippen LogP contribution < -0.4 is 0 Å². The van der Waals surface area contributed by atoms with Gasteiger partial charge in [0.1, 0.15) is 5.69 Å².